The van der Waals surface area contributed by atoms with Crippen molar-refractivity contribution in [2.45, 2.75) is 17.4 Å². The first-order valence-corrected chi connectivity index (χ1v) is 10.5. The van der Waals surface area contributed by atoms with Gasteiger partial charge in [0.2, 0.25) is 10.0 Å². The van der Waals surface area contributed by atoms with Crippen molar-refractivity contribution in [2.75, 3.05) is 6.54 Å². The van der Waals surface area contributed by atoms with Crippen LogP contribution in [-0.4, -0.2) is 29.0 Å². The zero-order valence-corrected chi connectivity index (χ0v) is 16.6. The Kier molecular flexibility index (Phi) is 4.46. The lowest BCUT2D eigenvalue weighted by Crippen LogP contribution is -2.38. The highest BCUT2D eigenvalue weighted by atomic mass is 79.9. The van der Waals surface area contributed by atoms with E-state index in [9.17, 15) is 8.42 Å². The maximum Gasteiger partial charge on any atom is 0.244 e. The average Bonchev–Trinajstić information content (AvgIpc) is 3.07. The van der Waals surface area contributed by atoms with E-state index in [1.165, 1.54) is 5.56 Å². The largest absolute Gasteiger partial charge is 0.276 e. The zero-order chi connectivity index (χ0) is 18.3. The molecule has 0 saturated heterocycles. The Morgan fingerprint density at radius 3 is 2.58 bits per heavy atom. The van der Waals surface area contributed by atoms with Gasteiger partial charge in [-0.05, 0) is 44.8 Å². The van der Waals surface area contributed by atoms with Crippen molar-refractivity contribution in [2.24, 2.45) is 7.05 Å². The molecule has 1 aromatic heterocycles. The number of halogens is 1. The summed E-state index contributed by atoms with van der Waals surface area (Å²) >= 11 is 3.37. The normalized spacial score (nSPS) is 17.8. The van der Waals surface area contributed by atoms with Gasteiger partial charge in [0.15, 0.2) is 0 Å². The molecule has 1 aliphatic heterocycles. The number of fused-ring (bicyclic) bond motifs is 1. The highest BCUT2D eigenvalue weighted by molar-refractivity contribution is 9.10. The Hall–Kier alpha value is -1.96. The van der Waals surface area contributed by atoms with Gasteiger partial charge in [0.25, 0.3) is 0 Å². The Morgan fingerprint density at radius 2 is 1.85 bits per heavy atom. The first kappa shape index (κ1) is 17.5. The number of benzene rings is 2. The monoisotopic (exact) mass is 431 g/mol. The van der Waals surface area contributed by atoms with Gasteiger partial charge in [-0.25, -0.2) is 8.42 Å². The third kappa shape index (κ3) is 3.00. The quantitative estimate of drug-likeness (QED) is 0.637. The molecular weight excluding hydrogens is 414 g/mol. The minimum absolute atomic E-state index is 0.0362. The second-order valence-electron chi connectivity index (χ2n) is 6.43. The topological polar surface area (TPSA) is 55.2 Å². The van der Waals surface area contributed by atoms with Crippen molar-refractivity contribution >= 4 is 26.0 Å². The van der Waals surface area contributed by atoms with Gasteiger partial charge < -0.3 is 0 Å². The molecule has 0 unspecified atom stereocenters. The van der Waals surface area contributed by atoms with Crippen LogP contribution in [-0.2, 0) is 23.6 Å². The lowest BCUT2D eigenvalue weighted by molar-refractivity contribution is 0.371. The molecule has 0 amide bonds. The van der Waals surface area contributed by atoms with E-state index in [1.54, 1.807) is 27.2 Å². The van der Waals surface area contributed by atoms with Gasteiger partial charge in [0.1, 0.15) is 0 Å². The summed E-state index contributed by atoms with van der Waals surface area (Å²) in [6.45, 7) is 0.767. The minimum atomic E-state index is -3.61. The van der Waals surface area contributed by atoms with Crippen LogP contribution in [0.1, 0.15) is 22.6 Å². The predicted octanol–water partition coefficient (Wildman–Crippen LogP) is 3.52. The molecule has 0 aliphatic carbocycles. The molecule has 0 fully saturated rings. The van der Waals surface area contributed by atoms with Gasteiger partial charge in [0.05, 0.1) is 11.1 Å². The van der Waals surface area contributed by atoms with E-state index >= 15 is 0 Å². The molecule has 5 nitrogen and oxygen atoms in total. The van der Waals surface area contributed by atoms with Gasteiger partial charge in [-0.15, -0.1) is 0 Å². The molecule has 1 aliphatic rings. The van der Waals surface area contributed by atoms with E-state index in [1.807, 2.05) is 43.7 Å². The van der Waals surface area contributed by atoms with Crippen LogP contribution < -0.4 is 0 Å². The maximum absolute atomic E-state index is 13.3. The molecule has 7 heteroatoms. The number of hydrogen-bond donors (Lipinski definition) is 0. The summed E-state index contributed by atoms with van der Waals surface area (Å²) in [6, 6.07) is 15.0. The summed E-state index contributed by atoms with van der Waals surface area (Å²) < 4.78 is 30.4. The molecule has 134 valence electrons. The van der Waals surface area contributed by atoms with E-state index in [2.05, 4.69) is 27.1 Å². The number of aryl methyl sites for hydroxylation is 1. The summed E-state index contributed by atoms with van der Waals surface area (Å²) in [4.78, 5) is 0.296. The van der Waals surface area contributed by atoms with Crippen molar-refractivity contribution in [1.82, 2.24) is 14.1 Å². The van der Waals surface area contributed by atoms with Crippen LogP contribution in [0.4, 0.5) is 0 Å². The van der Waals surface area contributed by atoms with Crippen LogP contribution in [0.15, 0.2) is 70.3 Å². The molecule has 0 N–H and O–H groups in total. The molecule has 0 spiro atoms. The molecule has 3 aromatic rings. The van der Waals surface area contributed by atoms with Crippen molar-refractivity contribution < 1.29 is 8.42 Å². The van der Waals surface area contributed by atoms with E-state index in [0.29, 0.717) is 22.5 Å². The van der Waals surface area contributed by atoms with Gasteiger partial charge in [-0.1, -0.05) is 36.4 Å². The van der Waals surface area contributed by atoms with Crippen LogP contribution in [0.25, 0.3) is 0 Å². The average molecular weight is 432 g/mol. The maximum atomic E-state index is 13.3. The Balaban J connectivity index is 1.79. The summed E-state index contributed by atoms with van der Waals surface area (Å²) in [7, 11) is -1.74. The van der Waals surface area contributed by atoms with Gasteiger partial charge in [-0.3, -0.25) is 4.68 Å². The number of rotatable bonds is 3. The molecule has 1 atom stereocenters. The standard InChI is InChI=1S/C19H18BrN3O2S/c1-22-11-15(10-21-22)17-13-23(12-14-6-2-3-7-16(14)17)26(24,25)19-9-5-4-8-18(19)20/h2-11,17H,12-13H2,1H3/t17-/m0/s1. The molecule has 2 heterocycles. The van der Waals surface area contributed by atoms with Gasteiger partial charge in [0, 0.05) is 36.7 Å². The minimum Gasteiger partial charge on any atom is -0.276 e. The number of hydrogen-bond acceptors (Lipinski definition) is 3. The number of aromatic nitrogens is 2. The van der Waals surface area contributed by atoms with Crippen molar-refractivity contribution in [3.05, 3.63) is 82.1 Å². The van der Waals surface area contributed by atoms with Gasteiger partial charge in [-0.2, -0.15) is 9.40 Å². The lowest BCUT2D eigenvalue weighted by Gasteiger charge is -2.33. The first-order chi connectivity index (χ1) is 12.5. The Morgan fingerprint density at radius 1 is 1.12 bits per heavy atom. The van der Waals surface area contributed by atoms with Crippen molar-refractivity contribution in [1.29, 1.82) is 0 Å². The van der Waals surface area contributed by atoms with E-state index < -0.39 is 10.0 Å². The molecule has 4 rings (SSSR count). The SMILES string of the molecule is Cn1cc([C@@H]2CN(S(=O)(=O)c3ccccc3Br)Cc3ccccc32)cn1. The third-order valence-electron chi connectivity index (χ3n) is 4.75. The fourth-order valence-corrected chi connectivity index (χ4v) is 5.85. The highest BCUT2D eigenvalue weighted by Gasteiger charge is 2.35. The fourth-order valence-electron chi connectivity index (χ4n) is 3.46. The summed E-state index contributed by atoms with van der Waals surface area (Å²) in [5.41, 5.74) is 3.22. The van der Waals surface area contributed by atoms with E-state index in [0.717, 1.165) is 11.1 Å². The van der Waals surface area contributed by atoms with Crippen molar-refractivity contribution in [3.63, 3.8) is 0 Å². The lowest BCUT2D eigenvalue weighted by atomic mass is 9.87. The van der Waals surface area contributed by atoms with E-state index in [-0.39, 0.29) is 5.92 Å². The fraction of sp³-hybridized carbons (Fsp3) is 0.211. The Bertz CT molecular complexity index is 1060. The molecule has 0 bridgehead atoms. The summed E-state index contributed by atoms with van der Waals surface area (Å²) in [5, 5.41) is 4.27. The second kappa shape index (κ2) is 6.64. The van der Waals surface area contributed by atoms with Crippen LogP contribution in [0.2, 0.25) is 0 Å². The first-order valence-electron chi connectivity index (χ1n) is 8.28. The molecule has 26 heavy (non-hydrogen) atoms. The molecule has 2 aromatic carbocycles. The molecule has 0 saturated carbocycles. The zero-order valence-electron chi connectivity index (χ0n) is 14.2. The third-order valence-corrected chi connectivity index (χ3v) is 7.57. The highest BCUT2D eigenvalue weighted by Crippen LogP contribution is 2.36. The van der Waals surface area contributed by atoms with Crippen LogP contribution in [0, 0.1) is 0 Å². The van der Waals surface area contributed by atoms with Crippen LogP contribution in [0.5, 0.6) is 0 Å². The predicted molar refractivity (Wildman–Crippen MR) is 103 cm³/mol. The smallest absolute Gasteiger partial charge is 0.244 e. The molecule has 0 radical (unpaired) electrons. The summed E-state index contributed by atoms with van der Waals surface area (Å²) in [6.07, 6.45) is 3.77. The number of nitrogens with zero attached hydrogens (tertiary/aromatic N) is 3. The van der Waals surface area contributed by atoms with Crippen molar-refractivity contribution in [3.8, 4) is 0 Å². The number of sulfonamides is 1. The van der Waals surface area contributed by atoms with Gasteiger partial charge >= 0.3 is 0 Å². The van der Waals surface area contributed by atoms with Crippen LogP contribution >= 0.6 is 15.9 Å². The Labute approximate surface area is 161 Å². The summed E-state index contributed by atoms with van der Waals surface area (Å²) in [5.74, 6) is -0.0362. The van der Waals surface area contributed by atoms with E-state index in [4.69, 9.17) is 0 Å². The second-order valence-corrected chi connectivity index (χ2v) is 9.19. The van der Waals surface area contributed by atoms with Crippen LogP contribution in [0.3, 0.4) is 0 Å². The molecular formula is C19H18BrN3O2S.